The topological polar surface area (TPSA) is 60.4 Å². The Labute approximate surface area is 132 Å². The normalized spacial score (nSPS) is 11.2. The van der Waals surface area contributed by atoms with Crippen molar-refractivity contribution in [3.63, 3.8) is 0 Å². The maximum absolute atomic E-state index is 12.3. The van der Waals surface area contributed by atoms with Gasteiger partial charge in [0.15, 0.2) is 11.5 Å². The Morgan fingerprint density at radius 1 is 1.10 bits per heavy atom. The number of para-hydroxylation sites is 1. The molecule has 2 rings (SSSR count). The van der Waals surface area contributed by atoms with E-state index in [-0.39, 0.29) is 32.0 Å². The van der Waals surface area contributed by atoms with Crippen molar-refractivity contribution >= 4 is 39.1 Å². The molecule has 21 heavy (non-hydrogen) atoms. The van der Waals surface area contributed by atoms with E-state index in [4.69, 9.17) is 27.4 Å². The molecule has 0 saturated heterocycles. The van der Waals surface area contributed by atoms with Crippen LogP contribution in [0.5, 0.6) is 5.75 Å². The Kier molecular flexibility index (Phi) is 4.56. The number of carbonyl (C=O) groups is 1. The lowest BCUT2D eigenvalue weighted by molar-refractivity contribution is 0.101. The third-order valence-corrected chi connectivity index (χ3v) is 4.58. The molecule has 2 aromatic rings. The monoisotopic (exact) mass is 344 g/mol. The van der Waals surface area contributed by atoms with Gasteiger partial charge in [-0.3, -0.25) is 4.79 Å². The van der Waals surface area contributed by atoms with E-state index in [1.165, 1.54) is 37.3 Å². The summed E-state index contributed by atoms with van der Waals surface area (Å²) in [5.41, 5.74) is 0.166. The molecular formula is C14H10Cl2O4S. The Morgan fingerprint density at radius 3 is 2.43 bits per heavy atom. The van der Waals surface area contributed by atoms with Crippen molar-refractivity contribution in [2.75, 3.05) is 0 Å². The first kappa shape index (κ1) is 15.8. The highest BCUT2D eigenvalue weighted by atomic mass is 35.5. The molecule has 0 fully saturated rings. The van der Waals surface area contributed by atoms with E-state index in [0.717, 1.165) is 0 Å². The molecule has 0 aliphatic heterocycles. The van der Waals surface area contributed by atoms with Crippen molar-refractivity contribution in [3.05, 3.63) is 58.1 Å². The van der Waals surface area contributed by atoms with Crippen LogP contribution in [0.3, 0.4) is 0 Å². The average Bonchev–Trinajstić information content (AvgIpc) is 2.41. The van der Waals surface area contributed by atoms with Crippen LogP contribution in [0.1, 0.15) is 17.3 Å². The second-order valence-electron chi connectivity index (χ2n) is 4.16. The van der Waals surface area contributed by atoms with Crippen molar-refractivity contribution in [3.8, 4) is 5.75 Å². The summed E-state index contributed by atoms with van der Waals surface area (Å²) in [6.45, 7) is 1.32. The van der Waals surface area contributed by atoms with E-state index in [2.05, 4.69) is 0 Å². The van der Waals surface area contributed by atoms with Gasteiger partial charge in [-0.15, -0.1) is 0 Å². The highest BCUT2D eigenvalue weighted by Crippen LogP contribution is 2.29. The minimum Gasteiger partial charge on any atom is -0.378 e. The van der Waals surface area contributed by atoms with Crippen LogP contribution < -0.4 is 4.18 Å². The maximum Gasteiger partial charge on any atom is 0.340 e. The number of carbonyl (C=O) groups excluding carboxylic acids is 1. The summed E-state index contributed by atoms with van der Waals surface area (Å²) in [5, 5.41) is 0.195. The summed E-state index contributed by atoms with van der Waals surface area (Å²) in [6, 6.07) is 10.1. The first-order chi connectivity index (χ1) is 9.81. The third-order valence-electron chi connectivity index (χ3n) is 2.63. The molecule has 0 spiro atoms. The van der Waals surface area contributed by atoms with Crippen LogP contribution in [-0.2, 0) is 10.1 Å². The summed E-state index contributed by atoms with van der Waals surface area (Å²) in [4.78, 5) is 11.2. The SMILES string of the molecule is CC(=O)c1ccccc1OS(=O)(=O)c1cc(Cl)ccc1Cl. The number of hydrogen-bond donors (Lipinski definition) is 0. The minimum atomic E-state index is -4.19. The van der Waals surface area contributed by atoms with Crippen molar-refractivity contribution in [2.24, 2.45) is 0 Å². The van der Waals surface area contributed by atoms with Crippen LogP contribution in [-0.4, -0.2) is 14.2 Å². The Morgan fingerprint density at radius 2 is 1.76 bits per heavy atom. The van der Waals surface area contributed by atoms with Gasteiger partial charge in [-0.2, -0.15) is 8.42 Å². The summed E-state index contributed by atoms with van der Waals surface area (Å²) < 4.78 is 29.6. The fourth-order valence-electron chi connectivity index (χ4n) is 1.66. The number of hydrogen-bond acceptors (Lipinski definition) is 4. The van der Waals surface area contributed by atoms with E-state index in [1.54, 1.807) is 12.1 Å². The molecule has 0 aromatic heterocycles. The number of halogens is 2. The van der Waals surface area contributed by atoms with Gasteiger partial charge in [0.25, 0.3) is 0 Å². The molecule has 0 amide bonds. The van der Waals surface area contributed by atoms with Gasteiger partial charge in [0.2, 0.25) is 0 Å². The van der Waals surface area contributed by atoms with E-state index >= 15 is 0 Å². The lowest BCUT2D eigenvalue weighted by atomic mass is 10.1. The molecule has 0 saturated carbocycles. The second-order valence-corrected chi connectivity index (χ2v) is 6.52. The van der Waals surface area contributed by atoms with Gasteiger partial charge in [0, 0.05) is 5.02 Å². The van der Waals surface area contributed by atoms with Gasteiger partial charge in [0.05, 0.1) is 10.6 Å². The fourth-order valence-corrected chi connectivity index (χ4v) is 3.35. The van der Waals surface area contributed by atoms with Crippen LogP contribution in [0.25, 0.3) is 0 Å². The number of Topliss-reactive ketones (excluding diaryl/α,β-unsaturated/α-hetero) is 1. The maximum atomic E-state index is 12.3. The van der Waals surface area contributed by atoms with Gasteiger partial charge >= 0.3 is 10.1 Å². The first-order valence-electron chi connectivity index (χ1n) is 5.81. The molecule has 110 valence electrons. The zero-order chi connectivity index (χ0) is 15.6. The van der Waals surface area contributed by atoms with E-state index in [1.807, 2.05) is 0 Å². The molecule has 2 aromatic carbocycles. The smallest absolute Gasteiger partial charge is 0.340 e. The molecule has 0 heterocycles. The Bertz CT molecular complexity index is 800. The zero-order valence-corrected chi connectivity index (χ0v) is 13.2. The molecule has 0 aliphatic carbocycles. The molecule has 0 N–H and O–H groups in total. The number of ketones is 1. The Hall–Kier alpha value is -1.56. The van der Waals surface area contributed by atoms with Crippen LogP contribution in [0.15, 0.2) is 47.4 Å². The summed E-state index contributed by atoms with van der Waals surface area (Å²) >= 11 is 11.6. The predicted molar refractivity (Wildman–Crippen MR) is 80.7 cm³/mol. The largest absolute Gasteiger partial charge is 0.378 e. The molecule has 7 heteroatoms. The highest BCUT2D eigenvalue weighted by molar-refractivity contribution is 7.87. The second kappa shape index (κ2) is 6.05. The van der Waals surface area contributed by atoms with Crippen LogP contribution in [0.4, 0.5) is 0 Å². The van der Waals surface area contributed by atoms with E-state index in [0.29, 0.717) is 0 Å². The first-order valence-corrected chi connectivity index (χ1v) is 7.97. The van der Waals surface area contributed by atoms with Crippen LogP contribution in [0, 0.1) is 0 Å². The summed E-state index contributed by atoms with van der Waals surface area (Å²) in [7, 11) is -4.19. The molecule has 0 unspecified atom stereocenters. The summed E-state index contributed by atoms with van der Waals surface area (Å²) in [6.07, 6.45) is 0. The van der Waals surface area contributed by atoms with Gasteiger partial charge in [-0.1, -0.05) is 35.3 Å². The van der Waals surface area contributed by atoms with Crippen molar-refractivity contribution in [2.45, 2.75) is 11.8 Å². The predicted octanol–water partition coefficient (Wildman–Crippen LogP) is 3.96. The number of rotatable bonds is 4. The van der Waals surface area contributed by atoms with Gasteiger partial charge in [-0.05, 0) is 37.3 Å². The van der Waals surface area contributed by atoms with Crippen molar-refractivity contribution in [1.82, 2.24) is 0 Å². The van der Waals surface area contributed by atoms with Crippen LogP contribution in [0.2, 0.25) is 10.0 Å². The molecule has 0 atom stereocenters. The Balaban J connectivity index is 2.48. The summed E-state index contributed by atoms with van der Waals surface area (Å²) in [5.74, 6) is -0.362. The van der Waals surface area contributed by atoms with E-state index < -0.39 is 10.1 Å². The number of benzene rings is 2. The standard InChI is InChI=1S/C14H10Cl2O4S/c1-9(17)11-4-2-3-5-13(11)20-21(18,19)14-8-10(15)6-7-12(14)16/h2-8H,1H3. The molecule has 0 radical (unpaired) electrons. The average molecular weight is 345 g/mol. The molecule has 0 aliphatic rings. The minimum absolute atomic E-state index is 0.0142. The fraction of sp³-hybridized carbons (Fsp3) is 0.0714. The van der Waals surface area contributed by atoms with Crippen molar-refractivity contribution < 1.29 is 17.4 Å². The zero-order valence-electron chi connectivity index (χ0n) is 10.8. The van der Waals surface area contributed by atoms with E-state index in [9.17, 15) is 13.2 Å². The molecule has 0 bridgehead atoms. The lowest BCUT2D eigenvalue weighted by Gasteiger charge is -2.11. The molecule has 4 nitrogen and oxygen atoms in total. The van der Waals surface area contributed by atoms with Gasteiger partial charge in [0.1, 0.15) is 4.90 Å². The highest BCUT2D eigenvalue weighted by Gasteiger charge is 2.22. The van der Waals surface area contributed by atoms with Crippen molar-refractivity contribution in [1.29, 1.82) is 0 Å². The van der Waals surface area contributed by atoms with Gasteiger partial charge in [-0.25, -0.2) is 0 Å². The lowest BCUT2D eigenvalue weighted by Crippen LogP contribution is -2.12. The van der Waals surface area contributed by atoms with Gasteiger partial charge < -0.3 is 4.18 Å². The quantitative estimate of drug-likeness (QED) is 0.622. The third kappa shape index (κ3) is 3.56. The van der Waals surface area contributed by atoms with Crippen LogP contribution >= 0.6 is 23.2 Å². The molecular weight excluding hydrogens is 335 g/mol.